The number of amides is 1. The van der Waals surface area contributed by atoms with Gasteiger partial charge in [-0.25, -0.2) is 5.43 Å². The minimum Gasteiger partial charge on any atom is -0.484 e. The Bertz CT molecular complexity index is 662. The average molecular weight is 368 g/mol. The molecule has 0 saturated heterocycles. The number of carbonyl (C=O) groups excluding carboxylic acids is 1. The highest BCUT2D eigenvalue weighted by atomic mass is 79.9. The van der Waals surface area contributed by atoms with Gasteiger partial charge in [0.25, 0.3) is 5.91 Å². The van der Waals surface area contributed by atoms with Crippen molar-refractivity contribution in [2.45, 2.75) is 0 Å². The van der Waals surface area contributed by atoms with Gasteiger partial charge >= 0.3 is 0 Å². The Morgan fingerprint density at radius 3 is 2.86 bits per heavy atom. The molecule has 0 aliphatic carbocycles. The predicted molar refractivity (Wildman–Crippen MR) is 86.8 cm³/mol. The van der Waals surface area contributed by atoms with E-state index in [2.05, 4.69) is 26.5 Å². The first-order chi connectivity index (χ1) is 10.1. The van der Waals surface area contributed by atoms with Crippen LogP contribution in [0, 0.1) is 0 Å². The van der Waals surface area contributed by atoms with Gasteiger partial charge in [0, 0.05) is 9.50 Å². The Morgan fingerprint density at radius 2 is 2.10 bits per heavy atom. The summed E-state index contributed by atoms with van der Waals surface area (Å²) >= 11 is 9.18. The number of hydrogen-bond acceptors (Lipinski definition) is 3. The van der Waals surface area contributed by atoms with Gasteiger partial charge in [0.05, 0.1) is 6.21 Å². The second-order valence-electron chi connectivity index (χ2n) is 4.09. The quantitative estimate of drug-likeness (QED) is 0.648. The first-order valence-electron chi connectivity index (χ1n) is 6.09. The van der Waals surface area contributed by atoms with Crippen LogP contribution in [0.4, 0.5) is 0 Å². The molecule has 2 rings (SSSR count). The van der Waals surface area contributed by atoms with E-state index in [1.54, 1.807) is 30.5 Å². The van der Waals surface area contributed by atoms with E-state index in [4.69, 9.17) is 16.3 Å². The van der Waals surface area contributed by atoms with Crippen molar-refractivity contribution < 1.29 is 9.53 Å². The molecule has 0 aromatic heterocycles. The number of hydrazone groups is 1. The number of hydrogen-bond donors (Lipinski definition) is 1. The lowest BCUT2D eigenvalue weighted by atomic mass is 10.2. The van der Waals surface area contributed by atoms with E-state index >= 15 is 0 Å². The standard InChI is InChI=1S/C15H12BrClN2O2/c16-12-4-1-3-11(7-12)9-18-19-15(20)10-21-14-6-2-5-13(17)8-14/h1-9H,10H2,(H,19,20)/b18-9-. The van der Waals surface area contributed by atoms with E-state index in [0.717, 1.165) is 10.0 Å². The molecule has 2 aromatic carbocycles. The number of rotatable bonds is 5. The van der Waals surface area contributed by atoms with Gasteiger partial charge in [0.15, 0.2) is 6.61 Å². The number of benzene rings is 2. The van der Waals surface area contributed by atoms with Gasteiger partial charge in [-0.2, -0.15) is 5.10 Å². The van der Waals surface area contributed by atoms with Gasteiger partial charge in [-0.1, -0.05) is 45.7 Å². The van der Waals surface area contributed by atoms with Crippen molar-refractivity contribution in [3.63, 3.8) is 0 Å². The van der Waals surface area contributed by atoms with Crippen molar-refractivity contribution in [3.8, 4) is 5.75 Å². The Morgan fingerprint density at radius 1 is 1.29 bits per heavy atom. The molecule has 0 bridgehead atoms. The first-order valence-corrected chi connectivity index (χ1v) is 7.26. The molecule has 0 fully saturated rings. The molecule has 6 heteroatoms. The SMILES string of the molecule is O=C(COc1cccc(Cl)c1)N/N=C\c1cccc(Br)c1. The largest absolute Gasteiger partial charge is 0.484 e. The van der Waals surface area contributed by atoms with Crippen LogP contribution in [0.1, 0.15) is 5.56 Å². The Balaban J connectivity index is 1.80. The maximum absolute atomic E-state index is 11.6. The Kier molecular flexibility index (Phi) is 5.78. The number of nitrogens with zero attached hydrogens (tertiary/aromatic N) is 1. The third-order valence-corrected chi connectivity index (χ3v) is 3.15. The van der Waals surface area contributed by atoms with Gasteiger partial charge < -0.3 is 4.74 Å². The summed E-state index contributed by atoms with van der Waals surface area (Å²) < 4.78 is 6.24. The molecule has 108 valence electrons. The second kappa shape index (κ2) is 7.81. The third-order valence-electron chi connectivity index (χ3n) is 2.42. The molecule has 21 heavy (non-hydrogen) atoms. The molecule has 1 amide bonds. The van der Waals surface area contributed by atoms with Crippen LogP contribution < -0.4 is 10.2 Å². The van der Waals surface area contributed by atoms with Crippen LogP contribution in [0.25, 0.3) is 0 Å². The molecule has 2 aromatic rings. The highest BCUT2D eigenvalue weighted by molar-refractivity contribution is 9.10. The summed E-state index contributed by atoms with van der Waals surface area (Å²) in [5, 5.41) is 4.42. The van der Waals surface area contributed by atoms with E-state index in [1.807, 2.05) is 24.3 Å². The monoisotopic (exact) mass is 366 g/mol. The van der Waals surface area contributed by atoms with E-state index < -0.39 is 0 Å². The summed E-state index contributed by atoms with van der Waals surface area (Å²) in [6, 6.07) is 14.4. The average Bonchev–Trinajstić information content (AvgIpc) is 2.45. The van der Waals surface area contributed by atoms with Crippen LogP contribution >= 0.6 is 27.5 Å². The van der Waals surface area contributed by atoms with Gasteiger partial charge in [0.1, 0.15) is 5.75 Å². The van der Waals surface area contributed by atoms with Crippen molar-refractivity contribution in [1.82, 2.24) is 5.43 Å². The number of halogens is 2. The van der Waals surface area contributed by atoms with Crippen LogP contribution in [-0.2, 0) is 4.79 Å². The smallest absolute Gasteiger partial charge is 0.277 e. The van der Waals surface area contributed by atoms with Gasteiger partial charge in [-0.3, -0.25) is 4.79 Å². The summed E-state index contributed by atoms with van der Waals surface area (Å²) in [6.07, 6.45) is 1.56. The van der Waals surface area contributed by atoms with Gasteiger partial charge in [-0.05, 0) is 35.9 Å². The highest BCUT2D eigenvalue weighted by Crippen LogP contribution is 2.16. The minimum absolute atomic E-state index is 0.129. The molecule has 0 saturated carbocycles. The lowest BCUT2D eigenvalue weighted by Gasteiger charge is -2.04. The number of nitrogens with one attached hydrogen (secondary N) is 1. The molecule has 1 N–H and O–H groups in total. The molecule has 0 unspecified atom stereocenters. The molecule has 0 heterocycles. The Hall–Kier alpha value is -1.85. The lowest BCUT2D eigenvalue weighted by Crippen LogP contribution is -2.24. The van der Waals surface area contributed by atoms with Crippen LogP contribution in [0.5, 0.6) is 5.75 Å². The van der Waals surface area contributed by atoms with E-state index in [0.29, 0.717) is 10.8 Å². The molecule has 0 aliphatic rings. The summed E-state index contributed by atoms with van der Waals surface area (Å²) in [5.74, 6) is 0.190. The fourth-order valence-corrected chi connectivity index (χ4v) is 2.10. The molecular weight excluding hydrogens is 356 g/mol. The van der Waals surface area contributed by atoms with Gasteiger partial charge in [-0.15, -0.1) is 0 Å². The van der Waals surface area contributed by atoms with Crippen LogP contribution in [0.2, 0.25) is 5.02 Å². The van der Waals surface area contributed by atoms with Crippen molar-refractivity contribution in [3.05, 3.63) is 63.6 Å². The zero-order valence-electron chi connectivity index (χ0n) is 10.9. The van der Waals surface area contributed by atoms with Crippen molar-refractivity contribution in [1.29, 1.82) is 0 Å². The zero-order chi connectivity index (χ0) is 15.1. The van der Waals surface area contributed by atoms with Gasteiger partial charge in [0.2, 0.25) is 0 Å². The van der Waals surface area contributed by atoms with Crippen LogP contribution in [0.15, 0.2) is 58.1 Å². The maximum Gasteiger partial charge on any atom is 0.277 e. The van der Waals surface area contributed by atoms with E-state index in [-0.39, 0.29) is 12.5 Å². The normalized spacial score (nSPS) is 10.6. The summed E-state index contributed by atoms with van der Waals surface area (Å²) in [7, 11) is 0. The summed E-state index contributed by atoms with van der Waals surface area (Å²) in [5.41, 5.74) is 3.27. The first kappa shape index (κ1) is 15.5. The Labute approximate surface area is 135 Å². The molecule has 4 nitrogen and oxygen atoms in total. The van der Waals surface area contributed by atoms with Crippen LogP contribution in [0.3, 0.4) is 0 Å². The topological polar surface area (TPSA) is 50.7 Å². The van der Waals surface area contributed by atoms with E-state index in [1.165, 1.54) is 0 Å². The van der Waals surface area contributed by atoms with Crippen LogP contribution in [-0.4, -0.2) is 18.7 Å². The number of ether oxygens (including phenoxy) is 1. The van der Waals surface area contributed by atoms with Crippen molar-refractivity contribution in [2.24, 2.45) is 5.10 Å². The fraction of sp³-hybridized carbons (Fsp3) is 0.0667. The lowest BCUT2D eigenvalue weighted by molar-refractivity contribution is -0.123. The third kappa shape index (κ3) is 5.57. The maximum atomic E-state index is 11.6. The molecule has 0 aliphatic heterocycles. The fourth-order valence-electron chi connectivity index (χ4n) is 1.50. The molecule has 0 spiro atoms. The highest BCUT2D eigenvalue weighted by Gasteiger charge is 2.01. The predicted octanol–water partition coefficient (Wildman–Crippen LogP) is 3.63. The minimum atomic E-state index is -0.346. The number of carbonyl (C=O) groups is 1. The van der Waals surface area contributed by atoms with Crippen molar-refractivity contribution >= 4 is 39.7 Å². The van der Waals surface area contributed by atoms with E-state index in [9.17, 15) is 4.79 Å². The molecule has 0 radical (unpaired) electrons. The molecule has 0 atom stereocenters. The summed E-state index contributed by atoms with van der Waals surface area (Å²) in [6.45, 7) is -0.129. The second-order valence-corrected chi connectivity index (χ2v) is 5.45. The van der Waals surface area contributed by atoms with Crippen molar-refractivity contribution in [2.75, 3.05) is 6.61 Å². The molecular formula is C15H12BrClN2O2. The zero-order valence-corrected chi connectivity index (χ0v) is 13.3. The summed E-state index contributed by atoms with van der Waals surface area (Å²) in [4.78, 5) is 11.6.